The van der Waals surface area contributed by atoms with Crippen LogP contribution in [0, 0.1) is 5.92 Å². The van der Waals surface area contributed by atoms with Gasteiger partial charge in [-0.05, 0) is 25.0 Å². The number of nitrogens with one attached hydrogen (secondary N) is 1. The van der Waals surface area contributed by atoms with Gasteiger partial charge in [0.05, 0.1) is 5.02 Å². The zero-order valence-corrected chi connectivity index (χ0v) is 11.5. The standard InChI is InChI=1S/C12H18ClN3O2/c1-8(7-17)9(2)15-12(18)16(3)11-5-4-10(13)6-14-11/h4-6,8-9,17H,7H2,1-3H3,(H,15,18)/t8-,9-/m1/s1. The lowest BCUT2D eigenvalue weighted by Crippen LogP contribution is -2.45. The van der Waals surface area contributed by atoms with Crippen molar-refractivity contribution >= 4 is 23.4 Å². The van der Waals surface area contributed by atoms with Gasteiger partial charge in [0.25, 0.3) is 0 Å². The van der Waals surface area contributed by atoms with Crippen molar-refractivity contribution in [3.63, 3.8) is 0 Å². The molecule has 1 rings (SSSR count). The van der Waals surface area contributed by atoms with E-state index in [2.05, 4.69) is 10.3 Å². The van der Waals surface area contributed by atoms with Crippen LogP contribution >= 0.6 is 11.6 Å². The highest BCUT2D eigenvalue weighted by Gasteiger charge is 2.17. The van der Waals surface area contributed by atoms with E-state index in [1.54, 1.807) is 19.2 Å². The fraction of sp³-hybridized carbons (Fsp3) is 0.500. The van der Waals surface area contributed by atoms with Gasteiger partial charge in [0.2, 0.25) is 0 Å². The molecule has 0 unspecified atom stereocenters. The van der Waals surface area contributed by atoms with Gasteiger partial charge in [0.15, 0.2) is 0 Å². The van der Waals surface area contributed by atoms with E-state index in [-0.39, 0.29) is 24.6 Å². The van der Waals surface area contributed by atoms with Crippen LogP contribution in [0.4, 0.5) is 10.6 Å². The zero-order chi connectivity index (χ0) is 13.7. The summed E-state index contributed by atoms with van der Waals surface area (Å²) in [4.78, 5) is 17.4. The average molecular weight is 272 g/mol. The molecule has 0 aliphatic rings. The molecule has 0 aliphatic heterocycles. The summed E-state index contributed by atoms with van der Waals surface area (Å²) in [6, 6.07) is 2.96. The van der Waals surface area contributed by atoms with Crippen molar-refractivity contribution in [2.45, 2.75) is 19.9 Å². The fourth-order valence-corrected chi connectivity index (χ4v) is 1.37. The molecule has 0 spiro atoms. The summed E-state index contributed by atoms with van der Waals surface area (Å²) in [5, 5.41) is 12.3. The first-order valence-electron chi connectivity index (χ1n) is 5.72. The molecule has 0 fully saturated rings. The number of urea groups is 1. The lowest BCUT2D eigenvalue weighted by atomic mass is 10.1. The van der Waals surface area contributed by atoms with Gasteiger partial charge in [-0.2, -0.15) is 0 Å². The summed E-state index contributed by atoms with van der Waals surface area (Å²) in [7, 11) is 1.63. The number of rotatable bonds is 4. The Labute approximate surface area is 112 Å². The molecule has 18 heavy (non-hydrogen) atoms. The molecule has 2 N–H and O–H groups in total. The van der Waals surface area contributed by atoms with Crippen molar-refractivity contribution in [1.82, 2.24) is 10.3 Å². The van der Waals surface area contributed by atoms with Gasteiger partial charge >= 0.3 is 6.03 Å². The van der Waals surface area contributed by atoms with E-state index in [0.29, 0.717) is 10.8 Å². The summed E-state index contributed by atoms with van der Waals surface area (Å²) in [5.74, 6) is 0.515. The Balaban J connectivity index is 2.64. The number of hydrogen-bond donors (Lipinski definition) is 2. The fourth-order valence-electron chi connectivity index (χ4n) is 1.26. The number of hydrogen-bond acceptors (Lipinski definition) is 3. The predicted octanol–water partition coefficient (Wildman–Crippen LogP) is 1.90. The Morgan fingerprint density at radius 3 is 2.72 bits per heavy atom. The molecular weight excluding hydrogens is 254 g/mol. The normalized spacial score (nSPS) is 13.8. The van der Waals surface area contributed by atoms with E-state index in [1.807, 2.05) is 13.8 Å². The van der Waals surface area contributed by atoms with Crippen LogP contribution in [-0.4, -0.2) is 35.8 Å². The molecule has 0 aliphatic carbocycles. The average Bonchev–Trinajstić information content (AvgIpc) is 2.37. The third-order valence-electron chi connectivity index (χ3n) is 2.85. The minimum atomic E-state index is -0.266. The van der Waals surface area contributed by atoms with E-state index in [0.717, 1.165) is 0 Å². The molecule has 5 nitrogen and oxygen atoms in total. The van der Waals surface area contributed by atoms with Crippen molar-refractivity contribution in [3.8, 4) is 0 Å². The molecule has 0 saturated heterocycles. The highest BCUT2D eigenvalue weighted by atomic mass is 35.5. The number of carbonyl (C=O) groups is 1. The summed E-state index contributed by atoms with van der Waals surface area (Å²) < 4.78 is 0. The lowest BCUT2D eigenvalue weighted by molar-refractivity contribution is 0.203. The first kappa shape index (κ1) is 14.7. The van der Waals surface area contributed by atoms with Crippen LogP contribution in [0.5, 0.6) is 0 Å². The maximum atomic E-state index is 11.9. The van der Waals surface area contributed by atoms with E-state index in [4.69, 9.17) is 16.7 Å². The number of aliphatic hydroxyl groups excluding tert-OH is 1. The summed E-state index contributed by atoms with van der Waals surface area (Å²) >= 11 is 5.73. The second kappa shape index (κ2) is 6.56. The number of halogens is 1. The number of amides is 2. The molecular formula is C12H18ClN3O2. The van der Waals surface area contributed by atoms with Gasteiger partial charge in [0, 0.05) is 25.9 Å². The third kappa shape index (κ3) is 3.85. The molecule has 2 atom stereocenters. The SMILES string of the molecule is C[C@H](CO)[C@@H](C)NC(=O)N(C)c1ccc(Cl)cn1. The molecule has 1 heterocycles. The minimum absolute atomic E-state index is 0.000488. The number of pyridine rings is 1. The monoisotopic (exact) mass is 271 g/mol. The van der Waals surface area contributed by atoms with Crippen LogP contribution in [0.25, 0.3) is 0 Å². The molecule has 2 amide bonds. The second-order valence-corrected chi connectivity index (χ2v) is 4.73. The quantitative estimate of drug-likeness (QED) is 0.879. The second-order valence-electron chi connectivity index (χ2n) is 4.29. The van der Waals surface area contributed by atoms with E-state index < -0.39 is 0 Å². The molecule has 6 heteroatoms. The summed E-state index contributed by atoms with van der Waals surface area (Å²) in [6.07, 6.45) is 1.49. The van der Waals surface area contributed by atoms with Gasteiger partial charge in [-0.15, -0.1) is 0 Å². The number of carbonyl (C=O) groups excluding carboxylic acids is 1. The third-order valence-corrected chi connectivity index (χ3v) is 3.08. The minimum Gasteiger partial charge on any atom is -0.396 e. The molecule has 1 aromatic heterocycles. The molecule has 0 aromatic carbocycles. The van der Waals surface area contributed by atoms with E-state index in [1.165, 1.54) is 11.1 Å². The van der Waals surface area contributed by atoms with E-state index in [9.17, 15) is 4.79 Å². The summed E-state index contributed by atoms with van der Waals surface area (Å²) in [6.45, 7) is 3.75. The largest absolute Gasteiger partial charge is 0.396 e. The smallest absolute Gasteiger partial charge is 0.323 e. The Morgan fingerprint density at radius 1 is 1.56 bits per heavy atom. The molecule has 1 aromatic rings. The summed E-state index contributed by atoms with van der Waals surface area (Å²) in [5.41, 5.74) is 0. The van der Waals surface area contributed by atoms with Gasteiger partial charge in [-0.25, -0.2) is 9.78 Å². The maximum Gasteiger partial charge on any atom is 0.323 e. The molecule has 0 bridgehead atoms. The highest BCUT2D eigenvalue weighted by Crippen LogP contribution is 2.13. The van der Waals surface area contributed by atoms with Gasteiger partial charge in [-0.3, -0.25) is 4.90 Å². The van der Waals surface area contributed by atoms with Crippen LogP contribution in [0.3, 0.4) is 0 Å². The zero-order valence-electron chi connectivity index (χ0n) is 10.7. The van der Waals surface area contributed by atoms with Crippen molar-refractivity contribution in [2.75, 3.05) is 18.6 Å². The number of anilines is 1. The van der Waals surface area contributed by atoms with Crippen LogP contribution < -0.4 is 10.2 Å². The Morgan fingerprint density at radius 2 is 2.22 bits per heavy atom. The highest BCUT2D eigenvalue weighted by molar-refractivity contribution is 6.30. The van der Waals surface area contributed by atoms with Crippen molar-refractivity contribution < 1.29 is 9.90 Å². The first-order valence-corrected chi connectivity index (χ1v) is 6.10. The van der Waals surface area contributed by atoms with Crippen LogP contribution in [0.1, 0.15) is 13.8 Å². The lowest BCUT2D eigenvalue weighted by Gasteiger charge is -2.23. The van der Waals surface area contributed by atoms with Crippen LogP contribution in [0.15, 0.2) is 18.3 Å². The number of aliphatic hydroxyl groups is 1. The van der Waals surface area contributed by atoms with Gasteiger partial charge in [-0.1, -0.05) is 18.5 Å². The predicted molar refractivity (Wildman–Crippen MR) is 71.9 cm³/mol. The van der Waals surface area contributed by atoms with Crippen molar-refractivity contribution in [1.29, 1.82) is 0 Å². The first-order chi connectivity index (χ1) is 8.45. The van der Waals surface area contributed by atoms with E-state index >= 15 is 0 Å². The molecule has 0 radical (unpaired) electrons. The maximum absolute atomic E-state index is 11.9. The van der Waals surface area contributed by atoms with Crippen molar-refractivity contribution in [3.05, 3.63) is 23.4 Å². The van der Waals surface area contributed by atoms with Crippen LogP contribution in [-0.2, 0) is 0 Å². The van der Waals surface area contributed by atoms with Crippen molar-refractivity contribution in [2.24, 2.45) is 5.92 Å². The van der Waals surface area contributed by atoms with Gasteiger partial charge < -0.3 is 10.4 Å². The number of nitrogens with zero attached hydrogens (tertiary/aromatic N) is 2. The Bertz CT molecular complexity index is 397. The number of aromatic nitrogens is 1. The van der Waals surface area contributed by atoms with Gasteiger partial charge in [0.1, 0.15) is 5.82 Å². The Hall–Kier alpha value is -1.33. The molecule has 100 valence electrons. The topological polar surface area (TPSA) is 65.5 Å². The van der Waals surface area contributed by atoms with Crippen LogP contribution in [0.2, 0.25) is 5.02 Å². The Kier molecular flexibility index (Phi) is 5.37. The molecule has 0 saturated carbocycles.